The molecule has 98 valence electrons. The average molecular weight is 240 g/mol. The van der Waals surface area contributed by atoms with E-state index in [0.29, 0.717) is 19.3 Å². The maximum absolute atomic E-state index is 12.5. The zero-order valence-corrected chi connectivity index (χ0v) is 11.1. The Balaban J connectivity index is 1.99. The van der Waals surface area contributed by atoms with Gasteiger partial charge in [-0.3, -0.25) is 4.79 Å². The van der Waals surface area contributed by atoms with Crippen LogP contribution in [0.15, 0.2) is 0 Å². The fourth-order valence-electron chi connectivity index (χ4n) is 3.03. The Kier molecular flexibility index (Phi) is 4.05. The molecule has 1 N–H and O–H groups in total. The molecule has 4 heteroatoms. The topological polar surface area (TPSA) is 41.6 Å². The van der Waals surface area contributed by atoms with E-state index in [0.717, 1.165) is 25.3 Å². The van der Waals surface area contributed by atoms with Crippen LogP contribution in [0.5, 0.6) is 0 Å². The fourth-order valence-corrected chi connectivity index (χ4v) is 3.03. The van der Waals surface area contributed by atoms with E-state index in [2.05, 4.69) is 24.1 Å². The summed E-state index contributed by atoms with van der Waals surface area (Å²) in [7, 11) is 1.90. The average Bonchev–Trinajstić information content (AvgIpc) is 2.76. The molecule has 0 aromatic heterocycles. The lowest BCUT2D eigenvalue weighted by atomic mass is 9.91. The van der Waals surface area contributed by atoms with Gasteiger partial charge in [-0.05, 0) is 32.7 Å². The minimum absolute atomic E-state index is 0.0101. The van der Waals surface area contributed by atoms with Crippen LogP contribution in [-0.4, -0.2) is 49.7 Å². The van der Waals surface area contributed by atoms with Crippen LogP contribution in [-0.2, 0) is 9.53 Å². The SMILES string of the molecule is CNC1COCC1C(=O)N1CCC(C)CC1C. The zero-order chi connectivity index (χ0) is 12.4. The number of hydrogen-bond donors (Lipinski definition) is 1. The first-order valence-corrected chi connectivity index (χ1v) is 6.69. The molecule has 2 fully saturated rings. The summed E-state index contributed by atoms with van der Waals surface area (Å²) in [6.07, 6.45) is 2.26. The standard InChI is InChI=1S/C13H24N2O2/c1-9-4-5-15(10(2)6-9)13(16)11-7-17-8-12(11)14-3/h9-12,14H,4-8H2,1-3H3. The van der Waals surface area contributed by atoms with Crippen molar-refractivity contribution in [2.45, 2.75) is 38.8 Å². The third-order valence-electron chi connectivity index (χ3n) is 4.19. The van der Waals surface area contributed by atoms with Gasteiger partial charge in [0.15, 0.2) is 0 Å². The van der Waals surface area contributed by atoms with Crippen molar-refractivity contribution in [2.24, 2.45) is 11.8 Å². The van der Waals surface area contributed by atoms with Crippen molar-refractivity contribution in [3.63, 3.8) is 0 Å². The Morgan fingerprint density at radius 2 is 2.12 bits per heavy atom. The van der Waals surface area contributed by atoms with Crippen LogP contribution in [0.1, 0.15) is 26.7 Å². The van der Waals surface area contributed by atoms with Gasteiger partial charge in [-0.2, -0.15) is 0 Å². The minimum Gasteiger partial charge on any atom is -0.379 e. The predicted octanol–water partition coefficient (Wildman–Crippen LogP) is 0.868. The number of amides is 1. The quantitative estimate of drug-likeness (QED) is 0.778. The van der Waals surface area contributed by atoms with E-state index >= 15 is 0 Å². The minimum atomic E-state index is 0.0101. The third-order valence-corrected chi connectivity index (χ3v) is 4.19. The summed E-state index contributed by atoms with van der Waals surface area (Å²) in [6, 6.07) is 0.568. The van der Waals surface area contributed by atoms with Gasteiger partial charge >= 0.3 is 0 Å². The van der Waals surface area contributed by atoms with Crippen LogP contribution in [0.4, 0.5) is 0 Å². The van der Waals surface area contributed by atoms with Crippen LogP contribution in [0.3, 0.4) is 0 Å². The molecular formula is C13H24N2O2. The highest BCUT2D eigenvalue weighted by Gasteiger charge is 2.38. The molecule has 2 aliphatic rings. The lowest BCUT2D eigenvalue weighted by Crippen LogP contribution is -2.50. The van der Waals surface area contributed by atoms with E-state index < -0.39 is 0 Å². The Labute approximate surface area is 104 Å². The molecule has 2 heterocycles. The van der Waals surface area contributed by atoms with Crippen molar-refractivity contribution in [1.82, 2.24) is 10.2 Å². The van der Waals surface area contributed by atoms with Gasteiger partial charge in [0, 0.05) is 18.6 Å². The van der Waals surface area contributed by atoms with E-state index in [9.17, 15) is 4.79 Å². The van der Waals surface area contributed by atoms with Crippen molar-refractivity contribution in [3.8, 4) is 0 Å². The summed E-state index contributed by atoms with van der Waals surface area (Å²) in [6.45, 7) is 6.58. The van der Waals surface area contributed by atoms with Gasteiger partial charge in [0.05, 0.1) is 19.1 Å². The largest absolute Gasteiger partial charge is 0.379 e. The second kappa shape index (κ2) is 5.36. The summed E-state index contributed by atoms with van der Waals surface area (Å²) in [5, 5.41) is 3.19. The van der Waals surface area contributed by atoms with Gasteiger partial charge in [0.25, 0.3) is 0 Å². The van der Waals surface area contributed by atoms with E-state index in [1.54, 1.807) is 0 Å². The first kappa shape index (κ1) is 12.8. The van der Waals surface area contributed by atoms with E-state index in [1.165, 1.54) is 0 Å². The number of rotatable bonds is 2. The lowest BCUT2D eigenvalue weighted by molar-refractivity contribution is -0.139. The van der Waals surface area contributed by atoms with Gasteiger partial charge in [0.1, 0.15) is 0 Å². The lowest BCUT2D eigenvalue weighted by Gasteiger charge is -2.38. The normalized spacial score (nSPS) is 38.4. The Morgan fingerprint density at radius 3 is 2.76 bits per heavy atom. The van der Waals surface area contributed by atoms with Crippen LogP contribution in [0.2, 0.25) is 0 Å². The number of carbonyl (C=O) groups excluding carboxylic acids is 1. The number of piperidine rings is 1. The predicted molar refractivity (Wildman–Crippen MR) is 66.7 cm³/mol. The number of nitrogens with one attached hydrogen (secondary N) is 1. The van der Waals surface area contributed by atoms with Crippen LogP contribution < -0.4 is 5.32 Å². The van der Waals surface area contributed by atoms with Gasteiger partial charge < -0.3 is 15.0 Å². The number of hydrogen-bond acceptors (Lipinski definition) is 3. The Bertz CT molecular complexity index is 283. The highest BCUT2D eigenvalue weighted by atomic mass is 16.5. The highest BCUT2D eigenvalue weighted by Crippen LogP contribution is 2.25. The van der Waals surface area contributed by atoms with Gasteiger partial charge in [-0.1, -0.05) is 6.92 Å². The molecule has 0 bridgehead atoms. The molecule has 0 aromatic rings. The summed E-state index contributed by atoms with van der Waals surface area (Å²) >= 11 is 0. The first-order chi connectivity index (χ1) is 8.13. The number of likely N-dealkylation sites (tertiary alicyclic amines) is 1. The summed E-state index contributed by atoms with van der Waals surface area (Å²) in [5.74, 6) is 1.03. The molecule has 0 saturated carbocycles. The first-order valence-electron chi connectivity index (χ1n) is 6.69. The molecule has 2 aliphatic heterocycles. The van der Waals surface area contributed by atoms with Crippen LogP contribution >= 0.6 is 0 Å². The molecule has 0 radical (unpaired) electrons. The van der Waals surface area contributed by atoms with E-state index in [1.807, 2.05) is 7.05 Å². The Hall–Kier alpha value is -0.610. The zero-order valence-electron chi connectivity index (χ0n) is 11.1. The maximum atomic E-state index is 12.5. The summed E-state index contributed by atoms with van der Waals surface area (Å²) < 4.78 is 5.42. The van der Waals surface area contributed by atoms with Gasteiger partial charge in [0.2, 0.25) is 5.91 Å². The molecule has 4 atom stereocenters. The molecule has 0 aromatic carbocycles. The second-order valence-corrected chi connectivity index (χ2v) is 5.55. The van der Waals surface area contributed by atoms with Crippen LogP contribution in [0.25, 0.3) is 0 Å². The van der Waals surface area contributed by atoms with Crippen molar-refractivity contribution in [1.29, 1.82) is 0 Å². The molecule has 1 amide bonds. The molecule has 4 nitrogen and oxygen atoms in total. The number of carbonyl (C=O) groups is 1. The molecule has 0 spiro atoms. The number of likely N-dealkylation sites (N-methyl/N-ethyl adjacent to an activating group) is 1. The molecular weight excluding hydrogens is 216 g/mol. The van der Waals surface area contributed by atoms with E-state index in [-0.39, 0.29) is 17.9 Å². The molecule has 2 saturated heterocycles. The van der Waals surface area contributed by atoms with Gasteiger partial charge in [-0.25, -0.2) is 0 Å². The highest BCUT2D eigenvalue weighted by molar-refractivity contribution is 5.80. The van der Waals surface area contributed by atoms with Crippen LogP contribution in [0, 0.1) is 11.8 Å². The summed E-state index contributed by atoms with van der Waals surface area (Å²) in [4.78, 5) is 14.6. The monoisotopic (exact) mass is 240 g/mol. The van der Waals surface area contributed by atoms with Gasteiger partial charge in [-0.15, -0.1) is 0 Å². The van der Waals surface area contributed by atoms with Crippen molar-refractivity contribution < 1.29 is 9.53 Å². The van der Waals surface area contributed by atoms with Crippen molar-refractivity contribution in [2.75, 3.05) is 26.8 Å². The molecule has 17 heavy (non-hydrogen) atoms. The molecule has 0 aliphatic carbocycles. The Morgan fingerprint density at radius 1 is 1.35 bits per heavy atom. The maximum Gasteiger partial charge on any atom is 0.229 e. The van der Waals surface area contributed by atoms with Crippen molar-refractivity contribution in [3.05, 3.63) is 0 Å². The smallest absolute Gasteiger partial charge is 0.229 e. The molecule has 4 unspecified atom stereocenters. The second-order valence-electron chi connectivity index (χ2n) is 5.55. The summed E-state index contributed by atoms with van der Waals surface area (Å²) in [5.41, 5.74) is 0. The molecule has 2 rings (SSSR count). The third kappa shape index (κ3) is 2.63. The van der Waals surface area contributed by atoms with E-state index in [4.69, 9.17) is 4.74 Å². The number of ether oxygens (including phenoxy) is 1. The van der Waals surface area contributed by atoms with Crippen molar-refractivity contribution >= 4 is 5.91 Å². The number of nitrogens with zero attached hydrogens (tertiary/aromatic N) is 1. The fraction of sp³-hybridized carbons (Fsp3) is 0.923.